The number of carboxylic acids is 1. The highest BCUT2D eigenvalue weighted by Crippen LogP contribution is 2.16. The lowest BCUT2D eigenvalue weighted by molar-refractivity contribution is -0.138. The molecule has 1 fully saturated rings. The molecule has 116 valence electrons. The number of aliphatic carboxylic acids is 1. The fraction of sp³-hybridized carbons (Fsp3) is 0.500. The molecule has 0 bridgehead atoms. The third kappa shape index (κ3) is 3.42. The number of rotatable bonds is 5. The van der Waals surface area contributed by atoms with Crippen molar-refractivity contribution in [1.82, 2.24) is 14.6 Å². The molecule has 2 heterocycles. The number of carbonyl (C=O) groups excluding carboxylic acids is 1. The Bertz CT molecular complexity index is 646. The van der Waals surface area contributed by atoms with Crippen LogP contribution >= 0.6 is 0 Å². The number of carbonyl (C=O) groups is 2. The molecule has 1 aliphatic rings. The lowest BCUT2D eigenvalue weighted by Crippen LogP contribution is -2.38. The first-order chi connectivity index (χ1) is 9.81. The van der Waals surface area contributed by atoms with E-state index in [9.17, 15) is 18.0 Å². The van der Waals surface area contributed by atoms with Gasteiger partial charge in [-0.2, -0.15) is 4.72 Å². The van der Waals surface area contributed by atoms with Crippen molar-refractivity contribution in [2.24, 2.45) is 0 Å². The van der Waals surface area contributed by atoms with Gasteiger partial charge < -0.3 is 15.0 Å². The van der Waals surface area contributed by atoms with Gasteiger partial charge in [0.25, 0.3) is 5.91 Å². The molecule has 2 rings (SSSR count). The van der Waals surface area contributed by atoms with Crippen molar-refractivity contribution in [3.05, 3.63) is 18.0 Å². The van der Waals surface area contributed by atoms with Gasteiger partial charge in [-0.15, -0.1) is 0 Å². The van der Waals surface area contributed by atoms with Crippen LogP contribution in [0.25, 0.3) is 0 Å². The van der Waals surface area contributed by atoms with Crippen LogP contribution in [0, 0.1) is 0 Å². The van der Waals surface area contributed by atoms with Gasteiger partial charge in [0.05, 0.1) is 0 Å². The molecule has 1 aromatic heterocycles. The van der Waals surface area contributed by atoms with Crippen LogP contribution in [0.2, 0.25) is 0 Å². The molecule has 0 spiro atoms. The Hall–Kier alpha value is -1.87. The maximum absolute atomic E-state index is 12.1. The molecular weight excluding hydrogens is 298 g/mol. The quantitative estimate of drug-likeness (QED) is 0.706. The van der Waals surface area contributed by atoms with Gasteiger partial charge >= 0.3 is 5.97 Å². The average Bonchev–Trinajstić information content (AvgIpc) is 3.09. The van der Waals surface area contributed by atoms with Crippen LogP contribution in [0.5, 0.6) is 0 Å². The van der Waals surface area contributed by atoms with E-state index in [1.165, 1.54) is 19.2 Å². The van der Waals surface area contributed by atoms with Gasteiger partial charge in [-0.3, -0.25) is 9.59 Å². The van der Waals surface area contributed by atoms with Crippen LogP contribution in [0.15, 0.2) is 17.2 Å². The summed E-state index contributed by atoms with van der Waals surface area (Å²) in [6.45, 7) is 2.55. The molecule has 0 unspecified atom stereocenters. The van der Waals surface area contributed by atoms with Gasteiger partial charge in [-0.1, -0.05) is 0 Å². The van der Waals surface area contributed by atoms with Gasteiger partial charge in [-0.25, -0.2) is 8.42 Å². The normalized spacial score (nSPS) is 16.9. The van der Waals surface area contributed by atoms with Crippen molar-refractivity contribution >= 4 is 21.9 Å². The second-order valence-corrected chi connectivity index (χ2v) is 6.64. The molecule has 1 aromatic rings. The lowest BCUT2D eigenvalue weighted by Gasteiger charge is -2.13. The second-order valence-electron chi connectivity index (χ2n) is 4.93. The topological polar surface area (TPSA) is 120 Å². The number of nitrogens with one attached hydrogen (secondary N) is 2. The largest absolute Gasteiger partial charge is 0.480 e. The zero-order valence-electron chi connectivity index (χ0n) is 11.5. The summed E-state index contributed by atoms with van der Waals surface area (Å²) in [4.78, 5) is 26.9. The van der Waals surface area contributed by atoms with Crippen molar-refractivity contribution in [1.29, 1.82) is 0 Å². The highest BCUT2D eigenvalue weighted by atomic mass is 32.2. The SMILES string of the molecule is C[C@H](NS(=O)(=O)c1c[nH]c(C(=O)N2CCCC2)c1)C(=O)O. The maximum atomic E-state index is 12.1. The van der Waals surface area contributed by atoms with Crippen LogP contribution in [-0.2, 0) is 14.8 Å². The first-order valence-corrected chi connectivity index (χ1v) is 8.02. The van der Waals surface area contributed by atoms with Crippen molar-refractivity contribution in [2.45, 2.75) is 30.7 Å². The van der Waals surface area contributed by atoms with Crippen LogP contribution in [0.1, 0.15) is 30.3 Å². The first-order valence-electron chi connectivity index (χ1n) is 6.54. The van der Waals surface area contributed by atoms with Crippen molar-refractivity contribution in [3.8, 4) is 0 Å². The monoisotopic (exact) mass is 315 g/mol. The number of sulfonamides is 1. The number of hydrogen-bond acceptors (Lipinski definition) is 4. The molecule has 0 radical (unpaired) electrons. The van der Waals surface area contributed by atoms with E-state index in [-0.39, 0.29) is 16.5 Å². The molecular formula is C12H17N3O5S. The standard InChI is InChI=1S/C12H17N3O5S/c1-8(12(17)18)14-21(19,20)9-6-10(13-7-9)11(16)15-4-2-3-5-15/h6-8,13-14H,2-5H2,1H3,(H,17,18)/t8-/m0/s1. The summed E-state index contributed by atoms with van der Waals surface area (Å²) in [6, 6.07) is -0.0278. The van der Waals surface area contributed by atoms with Crippen molar-refractivity contribution < 1.29 is 23.1 Å². The number of H-pyrrole nitrogens is 1. The van der Waals surface area contributed by atoms with E-state index in [0.717, 1.165) is 12.8 Å². The van der Waals surface area contributed by atoms with Gasteiger partial charge in [0.2, 0.25) is 10.0 Å². The van der Waals surface area contributed by atoms with Crippen LogP contribution < -0.4 is 4.72 Å². The summed E-state index contributed by atoms with van der Waals surface area (Å²) >= 11 is 0. The third-order valence-electron chi connectivity index (χ3n) is 3.29. The van der Waals surface area contributed by atoms with Gasteiger partial charge in [0.1, 0.15) is 16.6 Å². The minimum Gasteiger partial charge on any atom is -0.480 e. The summed E-state index contributed by atoms with van der Waals surface area (Å²) in [6.07, 6.45) is 3.06. The Kier molecular flexibility index (Phi) is 4.33. The van der Waals surface area contributed by atoms with E-state index in [0.29, 0.717) is 13.1 Å². The van der Waals surface area contributed by atoms with Crippen molar-refractivity contribution in [2.75, 3.05) is 13.1 Å². The first kappa shape index (κ1) is 15.5. The van der Waals surface area contributed by atoms with E-state index in [2.05, 4.69) is 4.98 Å². The second kappa shape index (κ2) is 5.86. The van der Waals surface area contributed by atoms with E-state index in [1.54, 1.807) is 4.90 Å². The molecule has 1 atom stereocenters. The van der Waals surface area contributed by atoms with Crippen LogP contribution in [0.4, 0.5) is 0 Å². The molecule has 8 nitrogen and oxygen atoms in total. The fourth-order valence-electron chi connectivity index (χ4n) is 2.09. The Balaban J connectivity index is 2.15. The minimum atomic E-state index is -3.97. The molecule has 0 aromatic carbocycles. The highest BCUT2D eigenvalue weighted by molar-refractivity contribution is 7.89. The predicted molar refractivity (Wildman–Crippen MR) is 73.3 cm³/mol. The van der Waals surface area contributed by atoms with Gasteiger partial charge in [0.15, 0.2) is 0 Å². The average molecular weight is 315 g/mol. The number of hydrogen-bond donors (Lipinski definition) is 3. The number of carboxylic acid groups (broad SMARTS) is 1. The van der Waals surface area contributed by atoms with E-state index in [4.69, 9.17) is 5.11 Å². The lowest BCUT2D eigenvalue weighted by atomic mass is 10.4. The Morgan fingerprint density at radius 1 is 1.38 bits per heavy atom. The summed E-state index contributed by atoms with van der Waals surface area (Å²) in [5.74, 6) is -1.53. The predicted octanol–water partition coefficient (Wildman–Crippen LogP) is 0.00210. The maximum Gasteiger partial charge on any atom is 0.321 e. The molecule has 21 heavy (non-hydrogen) atoms. The van der Waals surface area contributed by atoms with E-state index in [1.807, 2.05) is 4.72 Å². The van der Waals surface area contributed by atoms with Crippen LogP contribution in [0.3, 0.4) is 0 Å². The van der Waals surface area contributed by atoms with Crippen molar-refractivity contribution in [3.63, 3.8) is 0 Å². The van der Waals surface area contributed by atoms with Gasteiger partial charge in [0, 0.05) is 19.3 Å². The molecule has 9 heteroatoms. The molecule has 0 saturated carbocycles. The van der Waals surface area contributed by atoms with Gasteiger partial charge in [-0.05, 0) is 25.8 Å². The molecule has 1 amide bonds. The smallest absolute Gasteiger partial charge is 0.321 e. The minimum absolute atomic E-state index is 0.154. The molecule has 1 aliphatic heterocycles. The number of likely N-dealkylation sites (tertiary alicyclic amines) is 1. The Morgan fingerprint density at radius 2 is 2.00 bits per heavy atom. The zero-order valence-corrected chi connectivity index (χ0v) is 12.3. The molecule has 0 aliphatic carbocycles. The molecule has 1 saturated heterocycles. The Morgan fingerprint density at radius 3 is 2.57 bits per heavy atom. The van der Waals surface area contributed by atoms with Crippen LogP contribution in [-0.4, -0.2) is 54.4 Å². The Labute approximate surface area is 122 Å². The summed E-state index contributed by atoms with van der Waals surface area (Å²) in [5.41, 5.74) is 0.181. The van der Waals surface area contributed by atoms with E-state index >= 15 is 0 Å². The summed E-state index contributed by atoms with van der Waals surface area (Å²) < 4.78 is 26.0. The number of nitrogens with zero attached hydrogens (tertiary/aromatic N) is 1. The summed E-state index contributed by atoms with van der Waals surface area (Å²) in [5, 5.41) is 8.73. The highest BCUT2D eigenvalue weighted by Gasteiger charge is 2.25. The van der Waals surface area contributed by atoms with E-state index < -0.39 is 22.0 Å². The number of amides is 1. The zero-order chi connectivity index (χ0) is 15.6. The number of aromatic amines is 1. The fourth-order valence-corrected chi connectivity index (χ4v) is 3.28. The summed E-state index contributed by atoms with van der Waals surface area (Å²) in [7, 11) is -3.97. The molecule has 3 N–H and O–H groups in total. The third-order valence-corrected chi connectivity index (χ3v) is 4.81. The number of aromatic nitrogens is 1.